The second-order valence-corrected chi connectivity index (χ2v) is 15.1. The molecule has 3 aromatic rings. The number of hydrogen-bond acceptors (Lipinski definition) is 0. The Balaban J connectivity index is 1.17. The summed E-state index contributed by atoms with van der Waals surface area (Å²) in [5.41, 5.74) is 4.29. The number of aryl methyl sites for hydroxylation is 3. The van der Waals surface area contributed by atoms with Crippen molar-refractivity contribution in [1.29, 1.82) is 0 Å². The highest BCUT2D eigenvalue weighted by molar-refractivity contribution is 5.11. The first kappa shape index (κ1) is 40.4. The second kappa shape index (κ2) is 27.3. The minimum atomic E-state index is 1.05. The zero-order valence-electron chi connectivity index (χ0n) is 32.3. The first-order chi connectivity index (χ1) is 25.3. The van der Waals surface area contributed by atoms with E-state index >= 15 is 0 Å². The molecule has 0 fully saturated rings. The van der Waals surface area contributed by atoms with E-state index in [0.717, 1.165) is 38.9 Å². The summed E-state index contributed by atoms with van der Waals surface area (Å²) in [4.78, 5) is 0. The van der Waals surface area contributed by atoms with Gasteiger partial charge in [-0.15, -0.1) is 0 Å². The van der Waals surface area contributed by atoms with Crippen molar-refractivity contribution in [1.82, 2.24) is 0 Å². The van der Waals surface area contributed by atoms with E-state index in [-0.39, 0.29) is 0 Å². The average Bonchev–Trinajstić information content (AvgIpc) is 3.15. The fourth-order valence-electron chi connectivity index (χ4n) is 7.31. The van der Waals surface area contributed by atoms with Crippen LogP contribution in [-0.4, -0.2) is 0 Å². The fourth-order valence-corrected chi connectivity index (χ4v) is 7.31. The van der Waals surface area contributed by atoms with Crippen LogP contribution in [0.5, 0.6) is 0 Å². The van der Waals surface area contributed by atoms with E-state index in [1.54, 1.807) is 0 Å². The van der Waals surface area contributed by atoms with Gasteiger partial charge in [0, 0.05) is 54.2 Å². The molecular formula is C48H72N3+3. The Morgan fingerprint density at radius 2 is 0.569 bits per heavy atom. The van der Waals surface area contributed by atoms with Crippen LogP contribution in [0.25, 0.3) is 0 Å². The van der Waals surface area contributed by atoms with Crippen molar-refractivity contribution in [3.63, 3.8) is 0 Å². The first-order valence-electron chi connectivity index (χ1n) is 21.2. The lowest BCUT2D eigenvalue weighted by atomic mass is 10.1. The van der Waals surface area contributed by atoms with Crippen LogP contribution in [-0.2, 0) is 38.9 Å². The van der Waals surface area contributed by atoms with Gasteiger partial charge in [0.1, 0.15) is 19.6 Å². The smallest absolute Gasteiger partial charge is 0.172 e. The van der Waals surface area contributed by atoms with Crippen molar-refractivity contribution in [2.24, 2.45) is 0 Å². The van der Waals surface area contributed by atoms with Gasteiger partial charge in [-0.05, 0) is 95.2 Å². The molecule has 3 nitrogen and oxygen atoms in total. The van der Waals surface area contributed by atoms with Crippen molar-refractivity contribution >= 4 is 0 Å². The number of pyridine rings is 3. The molecule has 1 aliphatic rings. The van der Waals surface area contributed by atoms with Crippen molar-refractivity contribution in [3.8, 4) is 0 Å². The van der Waals surface area contributed by atoms with Gasteiger partial charge in [0.25, 0.3) is 0 Å². The third kappa shape index (κ3) is 19.7. The number of hydrogen-bond donors (Lipinski definition) is 0. The Morgan fingerprint density at radius 3 is 0.882 bits per heavy atom. The number of nitrogens with zero attached hydrogens (tertiary/aromatic N) is 3. The van der Waals surface area contributed by atoms with Crippen LogP contribution in [0.1, 0.15) is 152 Å². The minimum absolute atomic E-state index is 1.05. The van der Waals surface area contributed by atoms with E-state index in [2.05, 4.69) is 124 Å². The predicted molar refractivity (Wildman–Crippen MR) is 215 cm³/mol. The Bertz CT molecular complexity index is 1230. The van der Waals surface area contributed by atoms with Gasteiger partial charge in [-0.2, -0.15) is 0 Å². The lowest BCUT2D eigenvalue weighted by Gasteiger charge is -2.02. The molecule has 0 spiro atoms. The van der Waals surface area contributed by atoms with E-state index in [9.17, 15) is 0 Å². The summed E-state index contributed by atoms with van der Waals surface area (Å²) in [6, 6.07) is 13.5. The van der Waals surface area contributed by atoms with Crippen LogP contribution < -0.4 is 13.7 Å². The molecule has 0 atom stereocenters. The quantitative estimate of drug-likeness (QED) is 0.164. The maximum absolute atomic E-state index is 2.41. The van der Waals surface area contributed by atoms with Crippen LogP contribution in [0, 0.1) is 0 Å². The average molecular weight is 691 g/mol. The maximum Gasteiger partial charge on any atom is 0.172 e. The molecule has 0 saturated heterocycles. The number of aromatic nitrogens is 3. The molecule has 0 radical (unpaired) electrons. The summed E-state index contributed by atoms with van der Waals surface area (Å²) in [6.45, 7) is 3.42. The Morgan fingerprint density at radius 1 is 0.294 bits per heavy atom. The maximum atomic E-state index is 2.41. The predicted octanol–water partition coefficient (Wildman–Crippen LogP) is 11.5. The molecule has 0 N–H and O–H groups in total. The zero-order valence-corrected chi connectivity index (χ0v) is 32.3. The van der Waals surface area contributed by atoms with Crippen molar-refractivity contribution < 1.29 is 13.7 Å². The molecule has 0 amide bonds. The summed E-state index contributed by atoms with van der Waals surface area (Å²) in [5, 5.41) is 0. The molecule has 6 bridgehead atoms. The summed E-state index contributed by atoms with van der Waals surface area (Å²) in [7, 11) is 0. The normalized spacial score (nSPS) is 18.6. The SMILES string of the molecule is C1=CCc2ccc[n+](c2)CCCCCCCCC=CCc2ccc[n+](c2)CCCCCCCCC=CCc2ccc[n+](c2)CCCCCCCC1. The van der Waals surface area contributed by atoms with E-state index in [1.807, 2.05) is 0 Å². The third-order valence-electron chi connectivity index (χ3n) is 10.4. The molecular weight excluding hydrogens is 619 g/mol. The minimum Gasteiger partial charge on any atom is -0.205 e. The van der Waals surface area contributed by atoms with Crippen LogP contribution in [0.3, 0.4) is 0 Å². The van der Waals surface area contributed by atoms with Gasteiger partial charge in [0.05, 0.1) is 0 Å². The molecule has 4 rings (SSSR count). The summed E-state index contributed by atoms with van der Waals surface area (Å²) >= 11 is 0. The van der Waals surface area contributed by atoms with Gasteiger partial charge >= 0.3 is 0 Å². The molecule has 51 heavy (non-hydrogen) atoms. The number of rotatable bonds is 0. The van der Waals surface area contributed by atoms with Crippen LogP contribution in [0.4, 0.5) is 0 Å². The molecule has 0 aliphatic carbocycles. The van der Waals surface area contributed by atoms with Crippen molar-refractivity contribution in [2.75, 3.05) is 0 Å². The Labute approximate surface area is 313 Å². The largest absolute Gasteiger partial charge is 0.205 e. The Kier molecular flexibility index (Phi) is 21.7. The highest BCUT2D eigenvalue weighted by Crippen LogP contribution is 2.11. The molecule has 1 aliphatic heterocycles. The standard InChI is InChI=1S/C48H72N3/c1-4-10-16-22-31-46-34-28-41-50(43-46)38-26-20-14-8-3-6-12-18-24-33-48-36-30-42-51(45-48)39-27-21-15-9-2-5-11-17-23-32-47-35-29-40-49(44-47)37-25-19-13-7-1/h16-18,22-24,28-30,34-36,40-45H,1-15,19-21,25-27,31-33,37-39H2/q+3. The monoisotopic (exact) mass is 691 g/mol. The van der Waals surface area contributed by atoms with Crippen molar-refractivity contribution in [3.05, 3.63) is 127 Å². The third-order valence-corrected chi connectivity index (χ3v) is 10.4. The molecule has 276 valence electrons. The molecule has 0 saturated carbocycles. The lowest BCUT2D eigenvalue weighted by Crippen LogP contribution is -2.33. The molecule has 0 unspecified atom stereocenters. The summed E-state index contributed by atoms with van der Waals surface area (Å²) < 4.78 is 7.20. The van der Waals surface area contributed by atoms with E-state index in [1.165, 1.54) is 152 Å². The van der Waals surface area contributed by atoms with E-state index in [4.69, 9.17) is 0 Å². The Hall–Kier alpha value is -3.33. The number of allylic oxidation sites excluding steroid dienone is 6. The van der Waals surface area contributed by atoms with Crippen molar-refractivity contribution in [2.45, 2.75) is 174 Å². The van der Waals surface area contributed by atoms with Crippen LogP contribution in [0.15, 0.2) is 110 Å². The first-order valence-corrected chi connectivity index (χ1v) is 21.2. The zero-order chi connectivity index (χ0) is 35.3. The van der Waals surface area contributed by atoms with Gasteiger partial charge < -0.3 is 0 Å². The highest BCUT2D eigenvalue weighted by Gasteiger charge is 2.05. The van der Waals surface area contributed by atoms with Gasteiger partial charge in [-0.3, -0.25) is 0 Å². The second-order valence-electron chi connectivity index (χ2n) is 15.1. The summed E-state index contributed by atoms with van der Waals surface area (Å²) in [5.74, 6) is 0. The van der Waals surface area contributed by atoms with Crippen LogP contribution in [0.2, 0.25) is 0 Å². The number of fused-ring (bicyclic) bond motifs is 6. The van der Waals surface area contributed by atoms with Gasteiger partial charge in [-0.25, -0.2) is 13.7 Å². The molecule has 4 heterocycles. The topological polar surface area (TPSA) is 11.6 Å². The van der Waals surface area contributed by atoms with Crippen LogP contribution >= 0.6 is 0 Å². The van der Waals surface area contributed by atoms with Gasteiger partial charge in [-0.1, -0.05) is 94.2 Å². The molecule has 3 heteroatoms. The fraction of sp³-hybridized carbons (Fsp3) is 0.562. The van der Waals surface area contributed by atoms with E-state index in [0.29, 0.717) is 0 Å². The van der Waals surface area contributed by atoms with E-state index < -0.39 is 0 Å². The highest BCUT2D eigenvalue weighted by atomic mass is 14.9. The summed E-state index contributed by atoms with van der Waals surface area (Å²) in [6.07, 6.45) is 59.1. The van der Waals surface area contributed by atoms with Gasteiger partial charge in [0.2, 0.25) is 0 Å². The van der Waals surface area contributed by atoms with Gasteiger partial charge in [0.15, 0.2) is 37.2 Å². The molecule has 3 aromatic heterocycles. The molecule has 0 aromatic carbocycles. The lowest BCUT2D eigenvalue weighted by molar-refractivity contribution is -0.697.